The van der Waals surface area contributed by atoms with Crippen LogP contribution in [0.15, 0.2) is 231 Å². The van der Waals surface area contributed by atoms with Crippen LogP contribution in [-0.4, -0.2) is 4.98 Å². The van der Waals surface area contributed by atoms with E-state index in [4.69, 9.17) is 4.98 Å². The predicted molar refractivity (Wildman–Crippen MR) is 248 cm³/mol. The van der Waals surface area contributed by atoms with Crippen molar-refractivity contribution in [2.75, 3.05) is 4.90 Å². The smallest absolute Gasteiger partial charge is 0.0715 e. The molecule has 59 heavy (non-hydrogen) atoms. The van der Waals surface area contributed by atoms with Crippen molar-refractivity contribution >= 4 is 27.8 Å². The SMILES string of the molecule is c1ccc(-c2ccc(N(c3ccc(-c4ccc(-c5cccc(-c6ccccc6)n5)c5c4-c4cccc6cccc-5c46)cc3)c3ccccc3-c3ccccc3)cc2)cc1. The Morgan fingerprint density at radius 1 is 0.271 bits per heavy atom. The fourth-order valence-electron chi connectivity index (χ4n) is 8.91. The fourth-order valence-corrected chi connectivity index (χ4v) is 8.91. The first-order valence-electron chi connectivity index (χ1n) is 20.2. The molecule has 0 saturated heterocycles. The van der Waals surface area contributed by atoms with Gasteiger partial charge in [-0.2, -0.15) is 0 Å². The van der Waals surface area contributed by atoms with Gasteiger partial charge in [0.2, 0.25) is 0 Å². The Morgan fingerprint density at radius 2 is 0.729 bits per heavy atom. The number of aromatic nitrogens is 1. The molecule has 2 nitrogen and oxygen atoms in total. The highest BCUT2D eigenvalue weighted by molar-refractivity contribution is 6.20. The largest absolute Gasteiger partial charge is 0.310 e. The minimum absolute atomic E-state index is 0.971. The number of anilines is 3. The van der Waals surface area contributed by atoms with Gasteiger partial charge in [0.05, 0.1) is 17.1 Å². The Kier molecular flexibility index (Phi) is 8.52. The molecule has 0 amide bonds. The molecule has 11 rings (SSSR count). The van der Waals surface area contributed by atoms with Crippen molar-refractivity contribution in [2.24, 2.45) is 0 Å². The number of hydrogen-bond acceptors (Lipinski definition) is 2. The van der Waals surface area contributed by atoms with Gasteiger partial charge in [-0.15, -0.1) is 0 Å². The van der Waals surface area contributed by atoms with E-state index in [1.807, 2.05) is 6.07 Å². The molecule has 0 radical (unpaired) electrons. The summed E-state index contributed by atoms with van der Waals surface area (Å²) >= 11 is 0. The lowest BCUT2D eigenvalue weighted by atomic mass is 9.89. The topological polar surface area (TPSA) is 16.1 Å². The third-order valence-corrected chi connectivity index (χ3v) is 11.6. The first kappa shape index (κ1) is 34.4. The second-order valence-corrected chi connectivity index (χ2v) is 15.1. The maximum absolute atomic E-state index is 5.25. The Labute approximate surface area is 345 Å². The zero-order chi connectivity index (χ0) is 39.1. The zero-order valence-corrected chi connectivity index (χ0v) is 32.3. The third kappa shape index (κ3) is 6.10. The highest BCUT2D eigenvalue weighted by atomic mass is 15.1. The Bertz CT molecular complexity index is 3110. The van der Waals surface area contributed by atoms with Crippen LogP contribution in [0.2, 0.25) is 0 Å². The molecule has 10 aromatic rings. The summed E-state index contributed by atoms with van der Waals surface area (Å²) < 4.78 is 0. The fraction of sp³-hybridized carbons (Fsp3) is 0. The van der Waals surface area contributed by atoms with Gasteiger partial charge in [-0.3, -0.25) is 0 Å². The first-order valence-corrected chi connectivity index (χ1v) is 20.2. The second kappa shape index (κ2) is 14.6. The van der Waals surface area contributed by atoms with Crippen molar-refractivity contribution in [1.29, 1.82) is 0 Å². The number of rotatable bonds is 8. The molecule has 0 N–H and O–H groups in total. The number of pyridine rings is 1. The van der Waals surface area contributed by atoms with Crippen molar-refractivity contribution < 1.29 is 0 Å². The van der Waals surface area contributed by atoms with Crippen LogP contribution in [0.4, 0.5) is 17.1 Å². The average Bonchev–Trinajstić information content (AvgIpc) is 3.66. The van der Waals surface area contributed by atoms with Crippen molar-refractivity contribution in [1.82, 2.24) is 4.98 Å². The van der Waals surface area contributed by atoms with Gasteiger partial charge in [-0.25, -0.2) is 4.98 Å². The molecular formula is C57H38N2. The molecule has 0 atom stereocenters. The number of hydrogen-bond donors (Lipinski definition) is 0. The van der Waals surface area contributed by atoms with Crippen LogP contribution >= 0.6 is 0 Å². The van der Waals surface area contributed by atoms with Gasteiger partial charge in [-0.05, 0) is 97.7 Å². The van der Waals surface area contributed by atoms with Crippen molar-refractivity contribution in [3.8, 4) is 78.1 Å². The van der Waals surface area contributed by atoms with E-state index in [-0.39, 0.29) is 0 Å². The zero-order valence-electron chi connectivity index (χ0n) is 32.3. The molecule has 1 aliphatic carbocycles. The van der Waals surface area contributed by atoms with Crippen molar-refractivity contribution in [3.63, 3.8) is 0 Å². The number of nitrogens with zero attached hydrogens (tertiary/aromatic N) is 2. The lowest BCUT2D eigenvalue weighted by Crippen LogP contribution is -2.11. The normalized spacial score (nSPS) is 11.4. The Balaban J connectivity index is 1.05. The van der Waals surface area contributed by atoms with E-state index in [1.54, 1.807) is 0 Å². The standard InChI is InChI=1S/C57H38N2/c1-4-15-39(16-5-1)40-29-33-45(34-30-40)59(54-28-11-10-23-47(54)41-17-6-2-7-18-41)46-35-31-42(32-36-46)48-37-38-49(53-27-14-26-52(58-53)43-19-8-3-9-20-43)57-51-25-13-22-44-21-12-24-50(55(44)51)56(48)57/h1-38H. The van der Waals surface area contributed by atoms with Gasteiger partial charge in [0.1, 0.15) is 0 Å². The molecule has 0 fully saturated rings. The Morgan fingerprint density at radius 3 is 1.39 bits per heavy atom. The summed E-state index contributed by atoms with van der Waals surface area (Å²) in [6.07, 6.45) is 0. The second-order valence-electron chi connectivity index (χ2n) is 15.1. The maximum atomic E-state index is 5.25. The van der Waals surface area contributed by atoms with Crippen LogP contribution in [0.25, 0.3) is 88.9 Å². The monoisotopic (exact) mass is 750 g/mol. The van der Waals surface area contributed by atoms with Crippen LogP contribution in [-0.2, 0) is 0 Å². The van der Waals surface area contributed by atoms with E-state index < -0.39 is 0 Å². The molecule has 276 valence electrons. The van der Waals surface area contributed by atoms with E-state index >= 15 is 0 Å². The molecule has 0 aliphatic heterocycles. The molecule has 0 unspecified atom stereocenters. The van der Waals surface area contributed by atoms with E-state index in [1.165, 1.54) is 66.4 Å². The lowest BCUT2D eigenvalue weighted by molar-refractivity contribution is 1.28. The number of fused-ring (bicyclic) bond motifs is 3. The predicted octanol–water partition coefficient (Wildman–Crippen LogP) is 15.7. The minimum Gasteiger partial charge on any atom is -0.310 e. The van der Waals surface area contributed by atoms with Gasteiger partial charge in [-0.1, -0.05) is 188 Å². The van der Waals surface area contributed by atoms with Crippen LogP contribution < -0.4 is 4.90 Å². The summed E-state index contributed by atoms with van der Waals surface area (Å²) in [6.45, 7) is 0. The lowest BCUT2D eigenvalue weighted by Gasteiger charge is -2.28. The van der Waals surface area contributed by atoms with Crippen molar-refractivity contribution in [2.45, 2.75) is 0 Å². The molecule has 2 heteroatoms. The highest BCUT2D eigenvalue weighted by Gasteiger charge is 2.28. The van der Waals surface area contributed by atoms with E-state index in [9.17, 15) is 0 Å². The summed E-state index contributed by atoms with van der Waals surface area (Å²) in [7, 11) is 0. The van der Waals surface area contributed by atoms with Gasteiger partial charge < -0.3 is 4.90 Å². The summed E-state index contributed by atoms with van der Waals surface area (Å²) in [6, 6.07) is 82.8. The minimum atomic E-state index is 0.971. The Hall–Kier alpha value is -7.81. The molecule has 0 saturated carbocycles. The molecule has 1 aromatic heterocycles. The van der Waals surface area contributed by atoms with Crippen LogP contribution in [0.1, 0.15) is 0 Å². The summed E-state index contributed by atoms with van der Waals surface area (Å²) in [5.74, 6) is 0. The van der Waals surface area contributed by atoms with Gasteiger partial charge in [0.25, 0.3) is 0 Å². The highest BCUT2D eigenvalue weighted by Crippen LogP contribution is 2.54. The number of benzene rings is 9. The summed E-state index contributed by atoms with van der Waals surface area (Å²) in [4.78, 5) is 7.64. The molecule has 0 spiro atoms. The molecular weight excluding hydrogens is 713 g/mol. The number of para-hydroxylation sites is 1. The summed E-state index contributed by atoms with van der Waals surface area (Å²) in [5.41, 5.74) is 19.7. The van der Waals surface area contributed by atoms with Crippen LogP contribution in [0, 0.1) is 0 Å². The van der Waals surface area contributed by atoms with E-state index in [0.29, 0.717) is 0 Å². The molecule has 1 aliphatic rings. The third-order valence-electron chi connectivity index (χ3n) is 11.6. The first-order chi connectivity index (χ1) is 29.3. The van der Waals surface area contributed by atoms with E-state index in [2.05, 4.69) is 229 Å². The van der Waals surface area contributed by atoms with Crippen LogP contribution in [0.3, 0.4) is 0 Å². The molecule has 1 heterocycles. The van der Waals surface area contributed by atoms with Crippen LogP contribution in [0.5, 0.6) is 0 Å². The molecule has 0 bridgehead atoms. The van der Waals surface area contributed by atoms with Crippen molar-refractivity contribution in [3.05, 3.63) is 231 Å². The van der Waals surface area contributed by atoms with Gasteiger partial charge in [0.15, 0.2) is 0 Å². The average molecular weight is 751 g/mol. The van der Waals surface area contributed by atoms with Gasteiger partial charge >= 0.3 is 0 Å². The van der Waals surface area contributed by atoms with E-state index in [0.717, 1.165) is 39.6 Å². The van der Waals surface area contributed by atoms with Gasteiger partial charge in [0, 0.05) is 33.6 Å². The molecule has 9 aromatic carbocycles. The maximum Gasteiger partial charge on any atom is 0.0715 e. The summed E-state index contributed by atoms with van der Waals surface area (Å²) in [5, 5.41) is 2.55. The quantitative estimate of drug-likeness (QED) is 0.154.